The van der Waals surface area contributed by atoms with Crippen LogP contribution in [0, 0.1) is 6.92 Å². The van der Waals surface area contributed by atoms with E-state index in [9.17, 15) is 4.79 Å². The lowest BCUT2D eigenvalue weighted by Crippen LogP contribution is -2.44. The van der Waals surface area contributed by atoms with Gasteiger partial charge in [-0.15, -0.1) is 10.2 Å². The van der Waals surface area contributed by atoms with Crippen LogP contribution in [0.15, 0.2) is 48.7 Å². The number of piperidine rings is 1. The largest absolute Gasteiger partial charge is 0.334 e. The molecule has 1 saturated heterocycles. The zero-order valence-corrected chi connectivity index (χ0v) is 14.9. The molecule has 6 heteroatoms. The Labute approximate surface area is 152 Å². The first-order valence-electron chi connectivity index (χ1n) is 9.09. The van der Waals surface area contributed by atoms with Crippen LogP contribution in [-0.4, -0.2) is 38.6 Å². The highest BCUT2D eigenvalue weighted by Crippen LogP contribution is 2.27. The summed E-state index contributed by atoms with van der Waals surface area (Å²) in [6.45, 7) is 4.12. The second kappa shape index (κ2) is 7.15. The maximum absolute atomic E-state index is 12.5. The fourth-order valence-electron chi connectivity index (χ4n) is 3.57. The number of fused-ring (bicyclic) bond motifs is 1. The van der Waals surface area contributed by atoms with Gasteiger partial charge in [0, 0.05) is 31.7 Å². The molecule has 0 spiro atoms. The predicted molar refractivity (Wildman–Crippen MR) is 99.9 cm³/mol. The van der Waals surface area contributed by atoms with E-state index in [2.05, 4.69) is 39.0 Å². The first-order valence-corrected chi connectivity index (χ1v) is 9.09. The minimum absolute atomic E-state index is 0.0119. The number of aromatic nitrogens is 3. The molecule has 1 aromatic carbocycles. The lowest BCUT2D eigenvalue weighted by atomic mass is 9.96. The van der Waals surface area contributed by atoms with Gasteiger partial charge in [-0.2, -0.15) is 0 Å². The van der Waals surface area contributed by atoms with E-state index in [0.29, 0.717) is 12.5 Å². The SMILES string of the molecule is Cc1ccccc1CNC(=O)N1CCC(c2nnc3ccccn23)CC1. The van der Waals surface area contributed by atoms with Crippen molar-refractivity contribution >= 4 is 11.7 Å². The van der Waals surface area contributed by atoms with Crippen LogP contribution in [0.2, 0.25) is 0 Å². The van der Waals surface area contributed by atoms with Gasteiger partial charge in [0.25, 0.3) is 0 Å². The van der Waals surface area contributed by atoms with Crippen LogP contribution in [0.1, 0.15) is 35.7 Å². The molecule has 2 amide bonds. The van der Waals surface area contributed by atoms with E-state index in [-0.39, 0.29) is 6.03 Å². The van der Waals surface area contributed by atoms with Gasteiger partial charge in [0.1, 0.15) is 5.82 Å². The number of likely N-dealkylation sites (tertiary alicyclic amines) is 1. The standard InChI is InChI=1S/C20H23N5O/c1-15-6-2-3-7-17(15)14-21-20(26)24-12-9-16(10-13-24)19-23-22-18-8-4-5-11-25(18)19/h2-8,11,16H,9-10,12-14H2,1H3,(H,21,26). The van der Waals surface area contributed by atoms with Gasteiger partial charge in [-0.25, -0.2) is 4.79 Å². The van der Waals surface area contributed by atoms with Crippen molar-refractivity contribution in [1.29, 1.82) is 0 Å². The number of hydrogen-bond acceptors (Lipinski definition) is 3. The average molecular weight is 349 g/mol. The molecule has 6 nitrogen and oxygen atoms in total. The number of urea groups is 1. The number of carbonyl (C=O) groups is 1. The molecule has 2 aromatic heterocycles. The Hall–Kier alpha value is -2.89. The number of nitrogens with one attached hydrogen (secondary N) is 1. The summed E-state index contributed by atoms with van der Waals surface area (Å²) in [5.74, 6) is 1.34. The van der Waals surface area contributed by atoms with Crippen LogP contribution in [0.3, 0.4) is 0 Å². The fraction of sp³-hybridized carbons (Fsp3) is 0.350. The number of hydrogen-bond donors (Lipinski definition) is 1. The van der Waals surface area contributed by atoms with Gasteiger partial charge < -0.3 is 10.2 Å². The molecule has 1 fully saturated rings. The smallest absolute Gasteiger partial charge is 0.317 e. The van der Waals surface area contributed by atoms with Crippen molar-refractivity contribution in [2.45, 2.75) is 32.2 Å². The van der Waals surface area contributed by atoms with Crippen LogP contribution < -0.4 is 5.32 Å². The monoisotopic (exact) mass is 349 g/mol. The van der Waals surface area contributed by atoms with Gasteiger partial charge in [-0.3, -0.25) is 4.40 Å². The quantitative estimate of drug-likeness (QED) is 0.790. The molecule has 0 bridgehead atoms. The third-order valence-electron chi connectivity index (χ3n) is 5.18. The summed E-state index contributed by atoms with van der Waals surface area (Å²) in [6.07, 6.45) is 3.83. The lowest BCUT2D eigenvalue weighted by Gasteiger charge is -2.31. The van der Waals surface area contributed by atoms with E-state index < -0.39 is 0 Å². The Balaban J connectivity index is 1.34. The summed E-state index contributed by atoms with van der Waals surface area (Å²) in [4.78, 5) is 14.4. The van der Waals surface area contributed by atoms with E-state index in [1.54, 1.807) is 0 Å². The molecule has 0 saturated carbocycles. The van der Waals surface area contributed by atoms with Crippen LogP contribution in [-0.2, 0) is 6.54 Å². The summed E-state index contributed by atoms with van der Waals surface area (Å²) in [7, 11) is 0. The Morgan fingerprint density at radius 3 is 2.69 bits per heavy atom. The minimum atomic E-state index is 0.0119. The number of aryl methyl sites for hydroxylation is 1. The Morgan fingerprint density at radius 2 is 1.88 bits per heavy atom. The van der Waals surface area contributed by atoms with Crippen molar-refractivity contribution in [2.75, 3.05) is 13.1 Å². The molecule has 3 heterocycles. The topological polar surface area (TPSA) is 62.5 Å². The highest BCUT2D eigenvalue weighted by atomic mass is 16.2. The average Bonchev–Trinajstić information content (AvgIpc) is 3.11. The summed E-state index contributed by atoms with van der Waals surface area (Å²) in [6, 6.07) is 14.1. The van der Waals surface area contributed by atoms with Crippen molar-refractivity contribution in [2.24, 2.45) is 0 Å². The summed E-state index contributed by atoms with van der Waals surface area (Å²) in [5, 5.41) is 11.7. The van der Waals surface area contributed by atoms with E-state index >= 15 is 0 Å². The Bertz CT molecular complexity index is 911. The zero-order valence-electron chi connectivity index (χ0n) is 14.9. The molecule has 0 radical (unpaired) electrons. The first-order chi connectivity index (χ1) is 12.7. The second-order valence-corrected chi connectivity index (χ2v) is 6.83. The van der Waals surface area contributed by atoms with Gasteiger partial charge >= 0.3 is 6.03 Å². The highest BCUT2D eigenvalue weighted by molar-refractivity contribution is 5.74. The molecule has 134 valence electrons. The highest BCUT2D eigenvalue weighted by Gasteiger charge is 2.26. The maximum Gasteiger partial charge on any atom is 0.317 e. The summed E-state index contributed by atoms with van der Waals surface area (Å²) >= 11 is 0. The number of pyridine rings is 1. The molecule has 0 unspecified atom stereocenters. The molecule has 0 atom stereocenters. The number of benzene rings is 1. The molecule has 4 rings (SSSR count). The lowest BCUT2D eigenvalue weighted by molar-refractivity contribution is 0.180. The first kappa shape index (κ1) is 16.6. The number of rotatable bonds is 3. The molecule has 1 aliphatic heterocycles. The molecule has 26 heavy (non-hydrogen) atoms. The van der Waals surface area contributed by atoms with Crippen molar-refractivity contribution in [3.05, 3.63) is 65.6 Å². The van der Waals surface area contributed by atoms with Crippen LogP contribution in [0.5, 0.6) is 0 Å². The van der Waals surface area contributed by atoms with Gasteiger partial charge in [0.05, 0.1) is 0 Å². The van der Waals surface area contributed by atoms with E-state index in [1.165, 1.54) is 5.56 Å². The summed E-state index contributed by atoms with van der Waals surface area (Å²) < 4.78 is 2.05. The number of amides is 2. The molecular formula is C20H23N5O. The zero-order chi connectivity index (χ0) is 17.9. The van der Waals surface area contributed by atoms with Gasteiger partial charge in [0.2, 0.25) is 0 Å². The van der Waals surface area contributed by atoms with Crippen LogP contribution in [0.25, 0.3) is 5.65 Å². The van der Waals surface area contributed by atoms with E-state index in [0.717, 1.165) is 43.0 Å². The Morgan fingerprint density at radius 1 is 1.12 bits per heavy atom. The third-order valence-corrected chi connectivity index (χ3v) is 5.18. The molecule has 3 aromatic rings. The van der Waals surface area contributed by atoms with Crippen molar-refractivity contribution in [3.8, 4) is 0 Å². The van der Waals surface area contributed by atoms with Gasteiger partial charge in [0.15, 0.2) is 5.65 Å². The predicted octanol–water partition coefficient (Wildman–Crippen LogP) is 3.13. The van der Waals surface area contributed by atoms with E-state index in [1.807, 2.05) is 41.4 Å². The maximum atomic E-state index is 12.5. The van der Waals surface area contributed by atoms with Gasteiger partial charge in [-0.1, -0.05) is 30.3 Å². The van der Waals surface area contributed by atoms with Crippen LogP contribution in [0.4, 0.5) is 4.79 Å². The fourth-order valence-corrected chi connectivity index (χ4v) is 3.57. The third kappa shape index (κ3) is 3.27. The minimum Gasteiger partial charge on any atom is -0.334 e. The molecular weight excluding hydrogens is 326 g/mol. The van der Waals surface area contributed by atoms with Gasteiger partial charge in [-0.05, 0) is 43.0 Å². The Kier molecular flexibility index (Phi) is 4.56. The summed E-state index contributed by atoms with van der Waals surface area (Å²) in [5.41, 5.74) is 3.23. The van der Waals surface area contributed by atoms with Crippen molar-refractivity contribution in [1.82, 2.24) is 24.8 Å². The second-order valence-electron chi connectivity index (χ2n) is 6.83. The number of nitrogens with zero attached hydrogens (tertiary/aromatic N) is 4. The van der Waals surface area contributed by atoms with Crippen LogP contribution >= 0.6 is 0 Å². The molecule has 1 aliphatic rings. The van der Waals surface area contributed by atoms with Crippen molar-refractivity contribution in [3.63, 3.8) is 0 Å². The van der Waals surface area contributed by atoms with E-state index in [4.69, 9.17) is 0 Å². The molecule has 0 aliphatic carbocycles. The molecule has 1 N–H and O–H groups in total. The normalized spacial score (nSPS) is 15.3. The van der Waals surface area contributed by atoms with Crippen molar-refractivity contribution < 1.29 is 4.79 Å². The number of carbonyl (C=O) groups excluding carboxylic acids is 1.